The molecule has 0 amide bonds. The van der Waals surface area contributed by atoms with Crippen LogP contribution in [0.1, 0.15) is 6.42 Å². The van der Waals surface area contributed by atoms with E-state index in [9.17, 15) is 0 Å². The predicted octanol–water partition coefficient (Wildman–Crippen LogP) is 0.0461. The summed E-state index contributed by atoms with van der Waals surface area (Å²) in [4.78, 5) is 4.43. The van der Waals surface area contributed by atoms with Gasteiger partial charge in [-0.1, -0.05) is 18.2 Å². The molecule has 3 heteroatoms. The van der Waals surface area contributed by atoms with E-state index < -0.39 is 0 Å². The number of fused-ring (bicyclic) bond motifs is 4. The number of hydrogen-bond donors (Lipinski definition) is 2. The Bertz CT molecular complexity index is 718. The molecule has 3 nitrogen and oxygen atoms in total. The van der Waals surface area contributed by atoms with Crippen LogP contribution in [-0.2, 0) is 0 Å². The van der Waals surface area contributed by atoms with E-state index in [4.69, 9.17) is 0 Å². The van der Waals surface area contributed by atoms with Gasteiger partial charge in [-0.05, 0) is 23.8 Å². The molecule has 17 heavy (non-hydrogen) atoms. The Morgan fingerprint density at radius 3 is 3.24 bits per heavy atom. The van der Waals surface area contributed by atoms with Crippen molar-refractivity contribution in [3.63, 3.8) is 0 Å². The molecular formula is C14H13N3. The van der Waals surface area contributed by atoms with Crippen LogP contribution in [0, 0.1) is 0 Å². The summed E-state index contributed by atoms with van der Waals surface area (Å²) in [7, 11) is 0. The Morgan fingerprint density at radius 2 is 2.24 bits per heavy atom. The maximum atomic E-state index is 4.43. The van der Waals surface area contributed by atoms with E-state index in [1.165, 1.54) is 21.5 Å². The van der Waals surface area contributed by atoms with E-state index in [2.05, 4.69) is 39.9 Å². The first-order valence-corrected chi connectivity index (χ1v) is 5.99. The lowest BCUT2D eigenvalue weighted by atomic mass is 9.98. The number of benzene rings is 1. The van der Waals surface area contributed by atoms with Crippen molar-refractivity contribution in [3.05, 3.63) is 40.9 Å². The number of nitrogens with one attached hydrogen (secondary N) is 2. The Hall–Kier alpha value is -1.87. The molecule has 4 rings (SSSR count). The average molecular weight is 223 g/mol. The summed E-state index contributed by atoms with van der Waals surface area (Å²) in [6, 6.07) is 8.90. The van der Waals surface area contributed by atoms with E-state index in [0.29, 0.717) is 6.04 Å². The Labute approximate surface area is 98.9 Å². The van der Waals surface area contributed by atoms with Crippen LogP contribution in [0.25, 0.3) is 22.7 Å². The summed E-state index contributed by atoms with van der Waals surface area (Å²) in [5, 5.41) is 10.8. The van der Waals surface area contributed by atoms with E-state index in [1.807, 2.05) is 12.3 Å². The molecule has 1 aromatic heterocycles. The summed E-state index contributed by atoms with van der Waals surface area (Å²) < 4.78 is 0. The molecule has 0 bridgehead atoms. The molecule has 1 atom stereocenters. The summed E-state index contributed by atoms with van der Waals surface area (Å²) in [6.07, 6.45) is 5.24. The van der Waals surface area contributed by atoms with Crippen molar-refractivity contribution in [2.75, 3.05) is 6.67 Å². The van der Waals surface area contributed by atoms with Crippen molar-refractivity contribution in [1.82, 2.24) is 15.6 Å². The molecule has 2 N–H and O–H groups in total. The zero-order valence-electron chi connectivity index (χ0n) is 9.40. The summed E-state index contributed by atoms with van der Waals surface area (Å²) in [5.41, 5.74) is 2.41. The fraction of sp³-hybridized carbons (Fsp3) is 0.214. The van der Waals surface area contributed by atoms with Gasteiger partial charge in [-0.2, -0.15) is 0 Å². The van der Waals surface area contributed by atoms with Crippen LogP contribution in [0.15, 0.2) is 30.5 Å². The van der Waals surface area contributed by atoms with Crippen molar-refractivity contribution >= 4 is 22.7 Å². The smallest absolute Gasteiger partial charge is 0.0709 e. The zero-order chi connectivity index (χ0) is 11.2. The predicted molar refractivity (Wildman–Crippen MR) is 68.4 cm³/mol. The number of rotatable bonds is 0. The fourth-order valence-corrected chi connectivity index (χ4v) is 2.84. The van der Waals surface area contributed by atoms with Gasteiger partial charge in [0.15, 0.2) is 0 Å². The molecule has 2 heterocycles. The minimum atomic E-state index is 0.452. The molecular weight excluding hydrogens is 210 g/mol. The summed E-state index contributed by atoms with van der Waals surface area (Å²) >= 11 is 0. The molecule has 0 spiro atoms. The van der Waals surface area contributed by atoms with Crippen LogP contribution in [0.3, 0.4) is 0 Å². The van der Waals surface area contributed by atoms with Gasteiger partial charge in [-0.15, -0.1) is 0 Å². The quantitative estimate of drug-likeness (QED) is 0.662. The van der Waals surface area contributed by atoms with E-state index in [1.54, 1.807) is 0 Å². The van der Waals surface area contributed by atoms with Gasteiger partial charge in [0.2, 0.25) is 0 Å². The van der Waals surface area contributed by atoms with Crippen molar-refractivity contribution in [2.45, 2.75) is 12.5 Å². The second kappa shape index (κ2) is 3.31. The SMILES string of the molecule is C1=c2ccc3ncccc3c2=C2NCNC2C1. The first kappa shape index (κ1) is 9.19. The molecule has 1 saturated heterocycles. The molecule has 1 aliphatic carbocycles. The number of pyridine rings is 1. The third kappa shape index (κ3) is 1.23. The van der Waals surface area contributed by atoms with Gasteiger partial charge in [0.25, 0.3) is 0 Å². The van der Waals surface area contributed by atoms with Crippen LogP contribution in [0.5, 0.6) is 0 Å². The molecule has 84 valence electrons. The molecule has 1 fully saturated rings. The molecule has 1 aromatic carbocycles. The number of nitrogens with zero attached hydrogens (tertiary/aromatic N) is 1. The van der Waals surface area contributed by atoms with Gasteiger partial charge in [0, 0.05) is 22.5 Å². The lowest BCUT2D eigenvalue weighted by molar-refractivity contribution is 0.690. The van der Waals surface area contributed by atoms with Crippen LogP contribution >= 0.6 is 0 Å². The Balaban J connectivity index is 2.26. The topological polar surface area (TPSA) is 37.0 Å². The molecule has 0 saturated carbocycles. The molecule has 0 radical (unpaired) electrons. The zero-order valence-corrected chi connectivity index (χ0v) is 9.40. The largest absolute Gasteiger partial charge is 0.374 e. The first-order chi connectivity index (χ1) is 8.43. The minimum absolute atomic E-state index is 0.452. The molecule has 1 aliphatic heterocycles. The van der Waals surface area contributed by atoms with Crippen molar-refractivity contribution in [1.29, 1.82) is 0 Å². The van der Waals surface area contributed by atoms with Gasteiger partial charge in [0.1, 0.15) is 0 Å². The Morgan fingerprint density at radius 1 is 1.24 bits per heavy atom. The van der Waals surface area contributed by atoms with E-state index >= 15 is 0 Å². The van der Waals surface area contributed by atoms with Crippen LogP contribution in [-0.4, -0.2) is 17.7 Å². The highest BCUT2D eigenvalue weighted by Gasteiger charge is 2.22. The molecule has 2 aliphatic rings. The highest BCUT2D eigenvalue weighted by Crippen LogP contribution is 2.13. The average Bonchev–Trinajstić information content (AvgIpc) is 2.86. The second-order valence-electron chi connectivity index (χ2n) is 4.56. The van der Waals surface area contributed by atoms with Crippen molar-refractivity contribution in [2.24, 2.45) is 0 Å². The van der Waals surface area contributed by atoms with Gasteiger partial charge in [-0.25, -0.2) is 0 Å². The van der Waals surface area contributed by atoms with Gasteiger partial charge in [0.05, 0.1) is 18.2 Å². The van der Waals surface area contributed by atoms with E-state index in [-0.39, 0.29) is 0 Å². The molecule has 2 aromatic rings. The third-order valence-corrected chi connectivity index (χ3v) is 3.64. The number of hydrogen-bond acceptors (Lipinski definition) is 3. The van der Waals surface area contributed by atoms with Crippen LogP contribution < -0.4 is 21.1 Å². The standard InChI is InChI=1S/C14H13N3/c1-2-10-11(15-7-1)5-3-9-4-6-12-14(13(9)10)17-8-16-12/h1-5,7,12,16-17H,6,8H2. The van der Waals surface area contributed by atoms with Gasteiger partial charge >= 0.3 is 0 Å². The maximum Gasteiger partial charge on any atom is 0.0709 e. The fourth-order valence-electron chi connectivity index (χ4n) is 2.84. The lowest BCUT2D eigenvalue weighted by Gasteiger charge is -2.15. The van der Waals surface area contributed by atoms with Gasteiger partial charge < -0.3 is 5.32 Å². The minimum Gasteiger partial charge on any atom is -0.374 e. The monoisotopic (exact) mass is 223 g/mol. The van der Waals surface area contributed by atoms with E-state index in [0.717, 1.165) is 18.6 Å². The highest BCUT2D eigenvalue weighted by atomic mass is 15.2. The lowest BCUT2D eigenvalue weighted by Crippen LogP contribution is -2.38. The van der Waals surface area contributed by atoms with Crippen molar-refractivity contribution < 1.29 is 0 Å². The maximum absolute atomic E-state index is 4.43. The second-order valence-corrected chi connectivity index (χ2v) is 4.56. The van der Waals surface area contributed by atoms with Gasteiger partial charge in [-0.3, -0.25) is 10.3 Å². The third-order valence-electron chi connectivity index (χ3n) is 3.64. The summed E-state index contributed by atoms with van der Waals surface area (Å²) in [5.74, 6) is 0. The summed E-state index contributed by atoms with van der Waals surface area (Å²) in [6.45, 7) is 0.865. The van der Waals surface area contributed by atoms with Crippen LogP contribution in [0.4, 0.5) is 0 Å². The normalized spacial score (nSPS) is 21.6. The van der Waals surface area contributed by atoms with Crippen LogP contribution in [0.2, 0.25) is 0 Å². The Kier molecular flexibility index (Phi) is 1.79. The first-order valence-electron chi connectivity index (χ1n) is 5.99. The number of aromatic nitrogens is 1. The highest BCUT2D eigenvalue weighted by molar-refractivity contribution is 5.82. The van der Waals surface area contributed by atoms with Crippen molar-refractivity contribution in [3.8, 4) is 0 Å². The molecule has 1 unspecified atom stereocenters.